The number of hydrogen-bond acceptors (Lipinski definition) is 9. The van der Waals surface area contributed by atoms with Crippen LogP contribution in [0.2, 0.25) is 0 Å². The van der Waals surface area contributed by atoms with Gasteiger partial charge in [-0.2, -0.15) is 4.98 Å². The van der Waals surface area contributed by atoms with Crippen molar-refractivity contribution >= 4 is 38.3 Å². The van der Waals surface area contributed by atoms with Crippen LogP contribution in [0.25, 0.3) is 11.0 Å². The molecule has 1 aliphatic rings. The Morgan fingerprint density at radius 2 is 2.03 bits per heavy atom. The number of sulfone groups is 1. The first-order valence-corrected chi connectivity index (χ1v) is 14.1. The molecule has 3 heterocycles. The lowest BCUT2D eigenvalue weighted by atomic mass is 10.1. The Morgan fingerprint density at radius 3 is 2.72 bits per heavy atom. The number of fused-ring (bicyclic) bond motifs is 1. The number of ether oxygens (including phenoxy) is 1. The number of carbonyl (C=O) groups is 1. The van der Waals surface area contributed by atoms with E-state index in [-0.39, 0.29) is 34.7 Å². The second kappa shape index (κ2) is 10.6. The highest BCUT2D eigenvalue weighted by atomic mass is 32.2. The molecule has 0 amide bonds. The maximum absolute atomic E-state index is 14.9. The minimum atomic E-state index is -3.59. The SMILES string of the molecule is CC(=O)c1cc2cnc(Nc3ccc(C4CNCCO4)c(F)c3)nc2n(Cc2ccccc2S(C)(=O)=O)c1=O. The number of Topliss-reactive ketones (excluding diaryl/α,β-unsaturated/α-hetero) is 1. The van der Waals surface area contributed by atoms with Crippen molar-refractivity contribution in [1.29, 1.82) is 0 Å². The number of benzene rings is 2. The molecule has 1 fully saturated rings. The van der Waals surface area contributed by atoms with Crippen LogP contribution in [0.1, 0.15) is 34.5 Å². The van der Waals surface area contributed by atoms with Gasteiger partial charge in [0.1, 0.15) is 11.5 Å². The third kappa shape index (κ3) is 5.58. The van der Waals surface area contributed by atoms with Gasteiger partial charge in [0.25, 0.3) is 5.56 Å². The predicted molar refractivity (Wildman–Crippen MR) is 144 cm³/mol. The second-order valence-corrected chi connectivity index (χ2v) is 11.3. The summed E-state index contributed by atoms with van der Waals surface area (Å²) >= 11 is 0. The van der Waals surface area contributed by atoms with Crippen LogP contribution >= 0.6 is 0 Å². The lowest BCUT2D eigenvalue weighted by Crippen LogP contribution is -2.33. The molecule has 1 unspecified atom stereocenters. The zero-order valence-electron chi connectivity index (χ0n) is 21.3. The summed E-state index contributed by atoms with van der Waals surface area (Å²) in [5.74, 6) is -0.804. The monoisotopic (exact) mass is 551 g/mol. The molecule has 39 heavy (non-hydrogen) atoms. The van der Waals surface area contributed by atoms with Gasteiger partial charge in [-0.15, -0.1) is 0 Å². The zero-order chi connectivity index (χ0) is 27.7. The fourth-order valence-corrected chi connectivity index (χ4v) is 5.48. The largest absolute Gasteiger partial charge is 0.371 e. The molecule has 4 aromatic rings. The van der Waals surface area contributed by atoms with Crippen LogP contribution in [-0.4, -0.2) is 54.7 Å². The highest BCUT2D eigenvalue weighted by molar-refractivity contribution is 7.90. The number of ketones is 1. The number of carbonyl (C=O) groups excluding carboxylic acids is 1. The zero-order valence-corrected chi connectivity index (χ0v) is 22.1. The van der Waals surface area contributed by atoms with Gasteiger partial charge in [-0.3, -0.25) is 14.2 Å². The lowest BCUT2D eigenvalue weighted by molar-refractivity contribution is 0.0255. The molecular weight excluding hydrogens is 525 g/mol. The topological polar surface area (TPSA) is 132 Å². The summed E-state index contributed by atoms with van der Waals surface area (Å²) < 4.78 is 46.5. The standard InChI is InChI=1S/C27H26FN5O5S/c1-16(34)21-11-18-13-30-27(31-19-7-8-20(22(28)12-19)23-14-29-9-10-38-23)32-25(18)33(26(21)35)15-17-5-3-4-6-24(17)39(2,36)37/h3-8,11-13,23,29H,9-10,14-15H2,1-2H3,(H,30,31,32). The van der Waals surface area contributed by atoms with Crippen LogP contribution < -0.4 is 16.2 Å². The third-order valence-corrected chi connectivity index (χ3v) is 7.64. The van der Waals surface area contributed by atoms with Crippen molar-refractivity contribution in [3.05, 3.63) is 87.6 Å². The number of halogens is 1. The third-order valence-electron chi connectivity index (χ3n) is 6.44. The van der Waals surface area contributed by atoms with E-state index in [1.165, 1.54) is 35.9 Å². The highest BCUT2D eigenvalue weighted by Crippen LogP contribution is 2.26. The Bertz CT molecular complexity index is 1750. The first kappa shape index (κ1) is 26.6. The van der Waals surface area contributed by atoms with Crippen molar-refractivity contribution < 1.29 is 22.3 Å². The minimum Gasteiger partial charge on any atom is -0.371 e. The molecule has 0 radical (unpaired) electrons. The van der Waals surface area contributed by atoms with E-state index in [2.05, 4.69) is 20.6 Å². The second-order valence-electron chi connectivity index (χ2n) is 9.28. The normalized spacial score (nSPS) is 15.8. The molecule has 0 saturated carbocycles. The number of aromatic nitrogens is 3. The quantitative estimate of drug-likeness (QED) is 0.333. The summed E-state index contributed by atoms with van der Waals surface area (Å²) in [6.45, 7) is 2.86. The van der Waals surface area contributed by atoms with Gasteiger partial charge in [0.2, 0.25) is 5.95 Å². The van der Waals surface area contributed by atoms with Crippen LogP contribution in [0, 0.1) is 5.82 Å². The number of rotatable bonds is 7. The van der Waals surface area contributed by atoms with Gasteiger partial charge >= 0.3 is 0 Å². The summed E-state index contributed by atoms with van der Waals surface area (Å²) in [4.78, 5) is 34.4. The van der Waals surface area contributed by atoms with Gasteiger partial charge in [0.05, 0.1) is 29.7 Å². The molecule has 5 rings (SSSR count). The Balaban J connectivity index is 1.55. The molecule has 0 bridgehead atoms. The molecule has 202 valence electrons. The van der Waals surface area contributed by atoms with Gasteiger partial charge in [-0.25, -0.2) is 17.8 Å². The summed E-state index contributed by atoms with van der Waals surface area (Å²) in [5.41, 5.74) is 0.692. The van der Waals surface area contributed by atoms with Gasteiger partial charge < -0.3 is 15.4 Å². The molecule has 2 aromatic carbocycles. The van der Waals surface area contributed by atoms with Gasteiger partial charge in [0, 0.05) is 42.2 Å². The lowest BCUT2D eigenvalue weighted by Gasteiger charge is -2.24. The fourth-order valence-electron chi connectivity index (χ4n) is 4.54. The Kier molecular flexibility index (Phi) is 7.25. The minimum absolute atomic E-state index is 0.0680. The summed E-state index contributed by atoms with van der Waals surface area (Å²) in [7, 11) is -3.59. The molecule has 1 saturated heterocycles. The van der Waals surface area contributed by atoms with Crippen molar-refractivity contribution in [2.75, 3.05) is 31.3 Å². The van der Waals surface area contributed by atoms with Crippen molar-refractivity contribution in [1.82, 2.24) is 19.9 Å². The highest BCUT2D eigenvalue weighted by Gasteiger charge is 2.21. The molecule has 10 nitrogen and oxygen atoms in total. The Labute approximate surface area is 223 Å². The number of nitrogens with zero attached hydrogens (tertiary/aromatic N) is 3. The first-order chi connectivity index (χ1) is 18.6. The maximum atomic E-state index is 14.9. The molecule has 0 spiro atoms. The number of pyridine rings is 1. The van der Waals surface area contributed by atoms with E-state index in [4.69, 9.17) is 4.74 Å². The number of hydrogen-bond donors (Lipinski definition) is 2. The number of morpholine rings is 1. The summed E-state index contributed by atoms with van der Waals surface area (Å²) in [6, 6.07) is 12.4. The first-order valence-electron chi connectivity index (χ1n) is 12.2. The van der Waals surface area contributed by atoms with E-state index in [0.29, 0.717) is 35.4 Å². The summed E-state index contributed by atoms with van der Waals surface area (Å²) in [5, 5.41) is 6.53. The van der Waals surface area contributed by atoms with Crippen LogP contribution in [-0.2, 0) is 21.1 Å². The predicted octanol–water partition coefficient (Wildman–Crippen LogP) is 2.99. The number of anilines is 2. The van der Waals surface area contributed by atoms with E-state index in [0.717, 1.165) is 12.8 Å². The van der Waals surface area contributed by atoms with E-state index in [1.54, 1.807) is 30.3 Å². The molecular formula is C27H26FN5O5S. The summed E-state index contributed by atoms with van der Waals surface area (Å²) in [6.07, 6.45) is 2.15. The Morgan fingerprint density at radius 1 is 1.23 bits per heavy atom. The Hall–Kier alpha value is -4.00. The van der Waals surface area contributed by atoms with Crippen LogP contribution in [0.5, 0.6) is 0 Å². The fraction of sp³-hybridized carbons (Fsp3) is 0.259. The molecule has 1 atom stereocenters. The van der Waals surface area contributed by atoms with Crippen LogP contribution in [0.15, 0.2) is 64.4 Å². The molecule has 2 aromatic heterocycles. The van der Waals surface area contributed by atoms with Crippen molar-refractivity contribution in [3.8, 4) is 0 Å². The van der Waals surface area contributed by atoms with Crippen molar-refractivity contribution in [2.45, 2.75) is 24.5 Å². The van der Waals surface area contributed by atoms with E-state index in [1.807, 2.05) is 0 Å². The molecule has 0 aliphatic carbocycles. The van der Waals surface area contributed by atoms with E-state index >= 15 is 0 Å². The molecule has 1 aliphatic heterocycles. The molecule has 2 N–H and O–H groups in total. The molecule has 12 heteroatoms. The van der Waals surface area contributed by atoms with Crippen molar-refractivity contribution in [2.24, 2.45) is 0 Å². The number of nitrogens with one attached hydrogen (secondary N) is 2. The van der Waals surface area contributed by atoms with E-state index < -0.39 is 27.0 Å². The van der Waals surface area contributed by atoms with Gasteiger partial charge in [-0.05, 0) is 36.8 Å². The van der Waals surface area contributed by atoms with E-state index in [9.17, 15) is 22.4 Å². The van der Waals surface area contributed by atoms with Crippen molar-refractivity contribution in [3.63, 3.8) is 0 Å². The smallest absolute Gasteiger partial charge is 0.263 e. The average Bonchev–Trinajstić information content (AvgIpc) is 2.90. The van der Waals surface area contributed by atoms with Gasteiger partial charge in [0.15, 0.2) is 15.6 Å². The van der Waals surface area contributed by atoms with Crippen LogP contribution in [0.3, 0.4) is 0 Å². The average molecular weight is 552 g/mol. The van der Waals surface area contributed by atoms with Crippen LogP contribution in [0.4, 0.5) is 16.0 Å². The van der Waals surface area contributed by atoms with Gasteiger partial charge in [-0.1, -0.05) is 24.3 Å². The maximum Gasteiger partial charge on any atom is 0.263 e.